The number of hydrogen-bond donors (Lipinski definition) is 2. The molecule has 0 saturated carbocycles. The van der Waals surface area contributed by atoms with Crippen LogP contribution in [0.1, 0.15) is 38.3 Å². The summed E-state index contributed by atoms with van der Waals surface area (Å²) in [5.74, 6) is 0.960. The van der Waals surface area contributed by atoms with Gasteiger partial charge in [-0.25, -0.2) is 9.97 Å². The van der Waals surface area contributed by atoms with Crippen LogP contribution >= 0.6 is 0 Å². The quantitative estimate of drug-likeness (QED) is 0.790. The second-order valence-electron chi connectivity index (χ2n) is 4.65. The minimum Gasteiger partial charge on any atom is -0.370 e. The zero-order chi connectivity index (χ0) is 11.9. The van der Waals surface area contributed by atoms with Gasteiger partial charge in [-0.15, -0.1) is 0 Å². The lowest BCUT2D eigenvalue weighted by Crippen LogP contribution is -2.24. The number of aryl methyl sites for hydroxylation is 1. The summed E-state index contributed by atoms with van der Waals surface area (Å²) in [4.78, 5) is 8.49. The number of nitrogens with zero attached hydrogens (tertiary/aromatic N) is 2. The standard InChI is InChI=1S/C13H22N4/c1-2-4-12-9-13(17-10-16-12)15-8-6-11-5-3-7-14-11/h9-11,14H,2-8H2,1H3,(H,15,16,17)/t11-/m1/s1. The van der Waals surface area contributed by atoms with Crippen LogP contribution in [0.25, 0.3) is 0 Å². The summed E-state index contributed by atoms with van der Waals surface area (Å²) < 4.78 is 0. The van der Waals surface area contributed by atoms with Gasteiger partial charge in [-0.1, -0.05) is 13.3 Å². The Morgan fingerprint density at radius 2 is 2.41 bits per heavy atom. The minimum atomic E-state index is 0.694. The van der Waals surface area contributed by atoms with E-state index in [9.17, 15) is 0 Å². The second kappa shape index (κ2) is 6.55. The van der Waals surface area contributed by atoms with E-state index in [0.29, 0.717) is 6.04 Å². The summed E-state index contributed by atoms with van der Waals surface area (Å²) in [7, 11) is 0. The van der Waals surface area contributed by atoms with E-state index in [0.717, 1.165) is 30.9 Å². The Hall–Kier alpha value is -1.16. The number of hydrogen-bond acceptors (Lipinski definition) is 4. The van der Waals surface area contributed by atoms with Gasteiger partial charge >= 0.3 is 0 Å². The zero-order valence-corrected chi connectivity index (χ0v) is 10.6. The molecule has 1 fully saturated rings. The number of aromatic nitrogens is 2. The number of nitrogens with one attached hydrogen (secondary N) is 2. The molecule has 0 spiro atoms. The van der Waals surface area contributed by atoms with E-state index in [4.69, 9.17) is 0 Å². The van der Waals surface area contributed by atoms with Gasteiger partial charge in [0.15, 0.2) is 0 Å². The first-order valence-electron chi connectivity index (χ1n) is 6.66. The molecule has 1 atom stereocenters. The van der Waals surface area contributed by atoms with Gasteiger partial charge in [0.05, 0.1) is 0 Å². The van der Waals surface area contributed by atoms with Crippen molar-refractivity contribution in [3.8, 4) is 0 Å². The molecule has 1 aromatic heterocycles. The summed E-state index contributed by atoms with van der Waals surface area (Å²) in [6.07, 6.45) is 7.61. The highest BCUT2D eigenvalue weighted by atomic mass is 15.0. The van der Waals surface area contributed by atoms with Crippen LogP contribution in [-0.4, -0.2) is 29.1 Å². The highest BCUT2D eigenvalue weighted by Gasteiger charge is 2.12. The third-order valence-electron chi connectivity index (χ3n) is 3.19. The molecule has 4 nitrogen and oxygen atoms in total. The maximum absolute atomic E-state index is 4.25. The lowest BCUT2D eigenvalue weighted by atomic mass is 10.1. The van der Waals surface area contributed by atoms with Crippen molar-refractivity contribution in [1.82, 2.24) is 15.3 Å². The monoisotopic (exact) mass is 234 g/mol. The first-order chi connectivity index (χ1) is 8.38. The molecule has 4 heteroatoms. The SMILES string of the molecule is CCCc1cc(NCC[C@H]2CCCN2)ncn1. The summed E-state index contributed by atoms with van der Waals surface area (Å²) in [6, 6.07) is 2.76. The molecule has 0 radical (unpaired) electrons. The van der Waals surface area contributed by atoms with Crippen molar-refractivity contribution in [3.05, 3.63) is 18.1 Å². The van der Waals surface area contributed by atoms with Gasteiger partial charge in [-0.3, -0.25) is 0 Å². The van der Waals surface area contributed by atoms with Gasteiger partial charge in [0.25, 0.3) is 0 Å². The number of rotatable bonds is 6. The van der Waals surface area contributed by atoms with Crippen molar-refractivity contribution < 1.29 is 0 Å². The third kappa shape index (κ3) is 3.97. The molecule has 94 valence electrons. The van der Waals surface area contributed by atoms with E-state index in [-0.39, 0.29) is 0 Å². The average Bonchev–Trinajstić information content (AvgIpc) is 2.83. The smallest absolute Gasteiger partial charge is 0.129 e. The predicted molar refractivity (Wildman–Crippen MR) is 70.2 cm³/mol. The molecule has 1 aliphatic rings. The van der Waals surface area contributed by atoms with Gasteiger partial charge in [-0.2, -0.15) is 0 Å². The fourth-order valence-corrected chi connectivity index (χ4v) is 2.26. The summed E-state index contributed by atoms with van der Waals surface area (Å²) in [5, 5.41) is 6.88. The highest BCUT2D eigenvalue weighted by Crippen LogP contribution is 2.10. The molecule has 1 saturated heterocycles. The van der Waals surface area contributed by atoms with E-state index in [2.05, 4.69) is 33.6 Å². The summed E-state index contributed by atoms with van der Waals surface area (Å²) in [5.41, 5.74) is 1.13. The molecular weight excluding hydrogens is 212 g/mol. The van der Waals surface area contributed by atoms with Crippen molar-refractivity contribution >= 4 is 5.82 Å². The molecule has 17 heavy (non-hydrogen) atoms. The topological polar surface area (TPSA) is 49.8 Å². The van der Waals surface area contributed by atoms with Crippen LogP contribution < -0.4 is 10.6 Å². The van der Waals surface area contributed by atoms with E-state index in [1.165, 1.54) is 25.8 Å². The van der Waals surface area contributed by atoms with Crippen LogP contribution in [-0.2, 0) is 6.42 Å². The highest BCUT2D eigenvalue weighted by molar-refractivity contribution is 5.34. The van der Waals surface area contributed by atoms with E-state index in [1.54, 1.807) is 6.33 Å². The Balaban J connectivity index is 1.75. The van der Waals surface area contributed by atoms with Crippen LogP contribution in [0.2, 0.25) is 0 Å². The molecule has 0 bridgehead atoms. The Morgan fingerprint density at radius 3 is 3.18 bits per heavy atom. The van der Waals surface area contributed by atoms with Crippen LogP contribution in [0.5, 0.6) is 0 Å². The van der Waals surface area contributed by atoms with Crippen molar-refractivity contribution in [1.29, 1.82) is 0 Å². The van der Waals surface area contributed by atoms with Crippen molar-refractivity contribution in [2.24, 2.45) is 0 Å². The van der Waals surface area contributed by atoms with Gasteiger partial charge in [0, 0.05) is 24.3 Å². The molecular formula is C13H22N4. The molecule has 0 unspecified atom stereocenters. The molecule has 0 aromatic carbocycles. The second-order valence-corrected chi connectivity index (χ2v) is 4.65. The molecule has 0 amide bonds. The van der Waals surface area contributed by atoms with E-state index >= 15 is 0 Å². The van der Waals surface area contributed by atoms with E-state index in [1.807, 2.05) is 0 Å². The molecule has 2 heterocycles. The molecule has 1 aromatic rings. The van der Waals surface area contributed by atoms with Crippen LogP contribution in [0.3, 0.4) is 0 Å². The Kier molecular flexibility index (Phi) is 4.74. The third-order valence-corrected chi connectivity index (χ3v) is 3.19. The summed E-state index contributed by atoms with van der Waals surface area (Å²) >= 11 is 0. The van der Waals surface area contributed by atoms with E-state index < -0.39 is 0 Å². The molecule has 2 rings (SSSR count). The normalized spacial score (nSPS) is 19.5. The van der Waals surface area contributed by atoms with Crippen molar-refractivity contribution in [2.75, 3.05) is 18.4 Å². The van der Waals surface area contributed by atoms with Crippen LogP contribution in [0, 0.1) is 0 Å². The van der Waals surface area contributed by atoms with Crippen molar-refractivity contribution in [3.63, 3.8) is 0 Å². The van der Waals surface area contributed by atoms with Crippen molar-refractivity contribution in [2.45, 2.75) is 45.1 Å². The maximum atomic E-state index is 4.25. The Bertz CT molecular complexity index is 334. The lowest BCUT2D eigenvalue weighted by Gasteiger charge is -2.11. The van der Waals surface area contributed by atoms with Crippen LogP contribution in [0.15, 0.2) is 12.4 Å². The predicted octanol–water partition coefficient (Wildman–Crippen LogP) is 1.98. The summed E-state index contributed by atoms with van der Waals surface area (Å²) in [6.45, 7) is 4.33. The minimum absolute atomic E-state index is 0.694. The fourth-order valence-electron chi connectivity index (χ4n) is 2.26. The van der Waals surface area contributed by atoms with Crippen LogP contribution in [0.4, 0.5) is 5.82 Å². The van der Waals surface area contributed by atoms with Gasteiger partial charge in [-0.05, 0) is 32.2 Å². The first kappa shape index (κ1) is 12.3. The Labute approximate surface area is 103 Å². The average molecular weight is 234 g/mol. The molecule has 0 aliphatic carbocycles. The zero-order valence-electron chi connectivity index (χ0n) is 10.6. The lowest BCUT2D eigenvalue weighted by molar-refractivity contribution is 0.574. The Morgan fingerprint density at radius 1 is 1.47 bits per heavy atom. The van der Waals surface area contributed by atoms with Gasteiger partial charge in [0.2, 0.25) is 0 Å². The largest absolute Gasteiger partial charge is 0.370 e. The first-order valence-corrected chi connectivity index (χ1v) is 6.66. The van der Waals surface area contributed by atoms with Gasteiger partial charge < -0.3 is 10.6 Å². The fraction of sp³-hybridized carbons (Fsp3) is 0.692. The number of anilines is 1. The molecule has 2 N–H and O–H groups in total. The van der Waals surface area contributed by atoms with Gasteiger partial charge in [0.1, 0.15) is 12.1 Å². The molecule has 1 aliphatic heterocycles. The maximum Gasteiger partial charge on any atom is 0.129 e.